The highest BCUT2D eigenvalue weighted by atomic mass is 32.2. The van der Waals surface area contributed by atoms with Crippen molar-refractivity contribution in [2.75, 3.05) is 6.61 Å². The first-order valence-electron chi connectivity index (χ1n) is 12.4. The van der Waals surface area contributed by atoms with Crippen LogP contribution in [0, 0.1) is 24.2 Å². The smallest absolute Gasteiger partial charge is 0.460 e. The summed E-state index contributed by atoms with van der Waals surface area (Å²) >= 11 is 0. The van der Waals surface area contributed by atoms with Crippen LogP contribution in [0.5, 0.6) is 0 Å². The zero-order valence-electron chi connectivity index (χ0n) is 20.0. The van der Waals surface area contributed by atoms with Crippen LogP contribution in [-0.2, 0) is 25.1 Å². The molecule has 7 rings (SSSR count). The Balaban J connectivity index is 1.45. The Morgan fingerprint density at radius 1 is 0.972 bits per heavy atom. The summed E-state index contributed by atoms with van der Waals surface area (Å²) in [5.74, 6) is -1.45. The molecule has 8 heteroatoms. The van der Waals surface area contributed by atoms with E-state index in [1.165, 1.54) is 32.7 Å². The lowest BCUT2D eigenvalue weighted by atomic mass is 9.42. The number of halogens is 2. The molecule has 4 aliphatic carbocycles. The number of alkyl halides is 2. The van der Waals surface area contributed by atoms with E-state index in [1.54, 1.807) is 0 Å². The molecule has 0 aromatic heterocycles. The molecule has 5 nitrogen and oxygen atoms in total. The Kier molecular flexibility index (Phi) is 5.10. The molecule has 190 valence electrons. The van der Waals surface area contributed by atoms with E-state index in [0.717, 1.165) is 32.1 Å². The zero-order valence-corrected chi connectivity index (χ0v) is 20.8. The summed E-state index contributed by atoms with van der Waals surface area (Å²) in [4.78, 5) is 12.0. The Bertz CT molecular complexity index is 1440. The van der Waals surface area contributed by atoms with Crippen molar-refractivity contribution in [2.24, 2.45) is 17.3 Å². The quantitative estimate of drug-likeness (QED) is 0.250. The molecule has 0 radical (unpaired) electrons. The van der Waals surface area contributed by atoms with Gasteiger partial charge in [-0.05, 0) is 95.4 Å². The number of hydrogen-bond acceptors (Lipinski definition) is 4. The van der Waals surface area contributed by atoms with Crippen molar-refractivity contribution in [1.29, 1.82) is 0 Å². The summed E-state index contributed by atoms with van der Waals surface area (Å²) in [5.41, 5.74) is 1.84. The highest BCUT2D eigenvalue weighted by molar-refractivity contribution is 7.87. The van der Waals surface area contributed by atoms with Crippen molar-refractivity contribution >= 4 is 37.6 Å². The number of esters is 1. The minimum absolute atomic E-state index is 0.186. The molecule has 4 fully saturated rings. The lowest BCUT2D eigenvalue weighted by Gasteiger charge is -2.62. The predicted octanol–water partition coefficient (Wildman–Crippen LogP) is 6.16. The average molecular weight is 515 g/mol. The van der Waals surface area contributed by atoms with Gasteiger partial charge in [-0.15, -0.1) is 0 Å². The normalized spacial score (nSPS) is 29.7. The Labute approximate surface area is 208 Å². The number of rotatable bonds is 5. The van der Waals surface area contributed by atoms with E-state index in [-0.39, 0.29) is 12.0 Å². The van der Waals surface area contributed by atoms with Crippen molar-refractivity contribution < 1.29 is 31.3 Å². The number of benzene rings is 3. The first-order chi connectivity index (χ1) is 16.9. The van der Waals surface area contributed by atoms with Gasteiger partial charge in [0.15, 0.2) is 0 Å². The molecule has 0 spiro atoms. The van der Waals surface area contributed by atoms with E-state index in [4.69, 9.17) is 9.29 Å². The molecule has 0 heterocycles. The van der Waals surface area contributed by atoms with E-state index in [1.807, 2.05) is 12.1 Å². The number of fused-ring (bicyclic) bond motifs is 2. The van der Waals surface area contributed by atoms with Crippen LogP contribution >= 0.6 is 0 Å². The summed E-state index contributed by atoms with van der Waals surface area (Å²) < 4.78 is 63.6. The number of ether oxygens (including phenoxy) is 1. The second-order valence-corrected chi connectivity index (χ2v) is 12.9. The Morgan fingerprint density at radius 2 is 1.47 bits per heavy atom. The van der Waals surface area contributed by atoms with Gasteiger partial charge >= 0.3 is 21.3 Å². The predicted molar refractivity (Wildman–Crippen MR) is 132 cm³/mol. The van der Waals surface area contributed by atoms with E-state index in [0.29, 0.717) is 18.3 Å². The van der Waals surface area contributed by atoms with Gasteiger partial charge in [0.25, 0.3) is 0 Å². The molecule has 2 unspecified atom stereocenters. The molecule has 0 amide bonds. The Hall–Kier alpha value is -2.58. The minimum atomic E-state index is -5.90. The summed E-state index contributed by atoms with van der Waals surface area (Å²) in [6.45, 7) is 1.87. The third-order valence-electron chi connectivity index (χ3n) is 8.98. The standard InChI is InChI=1S/C28H28F2O5S/c1-17-20-6-2-4-8-22(20)24(23-9-5-3-7-21(17)23)27-13-18-10-19(14-27)12-26(11-18,15-27)16-35-25(31)28(29,30)36(32,33)34/h2-9,18-19H,10-16H2,1H3,(H,32,33,34). The fourth-order valence-electron chi connectivity index (χ4n) is 8.24. The average Bonchev–Trinajstić information content (AvgIpc) is 2.81. The minimum Gasteiger partial charge on any atom is -0.460 e. The molecular weight excluding hydrogens is 486 g/mol. The van der Waals surface area contributed by atoms with Crippen LogP contribution in [0.2, 0.25) is 0 Å². The molecule has 36 heavy (non-hydrogen) atoms. The first-order valence-corrected chi connectivity index (χ1v) is 13.8. The van der Waals surface area contributed by atoms with Crippen molar-refractivity contribution in [3.05, 3.63) is 59.7 Å². The first kappa shape index (κ1) is 23.8. The van der Waals surface area contributed by atoms with Crippen LogP contribution in [0.1, 0.15) is 49.7 Å². The molecule has 0 aliphatic heterocycles. The van der Waals surface area contributed by atoms with Gasteiger partial charge in [0.05, 0.1) is 6.61 Å². The molecule has 2 atom stereocenters. The van der Waals surface area contributed by atoms with Gasteiger partial charge in [-0.1, -0.05) is 48.5 Å². The van der Waals surface area contributed by atoms with E-state index in [9.17, 15) is 22.0 Å². The third-order valence-corrected chi connectivity index (χ3v) is 9.80. The third kappa shape index (κ3) is 3.40. The van der Waals surface area contributed by atoms with Gasteiger partial charge in [0, 0.05) is 5.41 Å². The second kappa shape index (κ2) is 7.71. The lowest BCUT2D eigenvalue weighted by Crippen LogP contribution is -2.56. The maximum Gasteiger partial charge on any atom is 0.465 e. The monoisotopic (exact) mass is 514 g/mol. The van der Waals surface area contributed by atoms with E-state index < -0.39 is 26.8 Å². The topological polar surface area (TPSA) is 80.7 Å². The van der Waals surface area contributed by atoms with Gasteiger partial charge in [0.2, 0.25) is 0 Å². The summed E-state index contributed by atoms with van der Waals surface area (Å²) in [5, 5.41) is -0.150. The van der Waals surface area contributed by atoms with E-state index in [2.05, 4.69) is 43.3 Å². The van der Waals surface area contributed by atoms with Crippen molar-refractivity contribution in [3.8, 4) is 0 Å². The second-order valence-electron chi connectivity index (χ2n) is 11.4. The number of aryl methyl sites for hydroxylation is 1. The molecule has 4 aliphatic rings. The van der Waals surface area contributed by atoms with E-state index >= 15 is 0 Å². The molecule has 4 saturated carbocycles. The van der Waals surface area contributed by atoms with Crippen LogP contribution in [0.4, 0.5) is 8.78 Å². The number of carbonyl (C=O) groups is 1. The van der Waals surface area contributed by atoms with Crippen molar-refractivity contribution in [2.45, 2.75) is 56.1 Å². The summed E-state index contributed by atoms with van der Waals surface area (Å²) in [6, 6.07) is 16.8. The highest BCUT2D eigenvalue weighted by Crippen LogP contribution is 2.67. The zero-order chi connectivity index (χ0) is 25.5. The molecular formula is C28H28F2O5S. The number of carbonyl (C=O) groups excluding carboxylic acids is 1. The maximum absolute atomic E-state index is 13.9. The van der Waals surface area contributed by atoms with Gasteiger partial charge in [-0.3, -0.25) is 4.55 Å². The molecule has 1 N–H and O–H groups in total. The van der Waals surface area contributed by atoms with Gasteiger partial charge in [0.1, 0.15) is 0 Å². The SMILES string of the molecule is Cc1c2ccccc2c(C23CC4CC(CC(COC(=O)C(F)(F)S(=O)(=O)O)(C4)C2)C3)c2ccccc12. The van der Waals surface area contributed by atoms with Crippen molar-refractivity contribution in [3.63, 3.8) is 0 Å². The number of hydrogen-bond donors (Lipinski definition) is 1. The fraction of sp³-hybridized carbons (Fsp3) is 0.464. The maximum atomic E-state index is 13.9. The fourth-order valence-corrected chi connectivity index (χ4v) is 8.51. The molecule has 3 aromatic carbocycles. The van der Waals surface area contributed by atoms with Crippen LogP contribution < -0.4 is 0 Å². The molecule has 0 saturated heterocycles. The van der Waals surface area contributed by atoms with Crippen LogP contribution in [0.15, 0.2) is 48.5 Å². The van der Waals surface area contributed by atoms with Crippen LogP contribution in [0.3, 0.4) is 0 Å². The molecule has 4 bridgehead atoms. The van der Waals surface area contributed by atoms with Gasteiger partial charge < -0.3 is 4.74 Å². The van der Waals surface area contributed by atoms with Gasteiger partial charge in [-0.25, -0.2) is 4.79 Å². The molecule has 3 aromatic rings. The Morgan fingerprint density at radius 3 is 1.97 bits per heavy atom. The lowest BCUT2D eigenvalue weighted by molar-refractivity contribution is -0.173. The largest absolute Gasteiger partial charge is 0.465 e. The summed E-state index contributed by atoms with van der Waals surface area (Å²) in [7, 11) is -5.90. The van der Waals surface area contributed by atoms with Crippen molar-refractivity contribution in [1.82, 2.24) is 0 Å². The van der Waals surface area contributed by atoms with Gasteiger partial charge in [-0.2, -0.15) is 17.2 Å². The van der Waals surface area contributed by atoms with Crippen LogP contribution in [0.25, 0.3) is 21.5 Å². The van der Waals surface area contributed by atoms with Crippen LogP contribution in [-0.4, -0.2) is 30.8 Å². The summed E-state index contributed by atoms with van der Waals surface area (Å²) in [6.07, 6.45) is 5.28. The highest BCUT2D eigenvalue weighted by Gasteiger charge is 2.60.